The van der Waals surface area contributed by atoms with Gasteiger partial charge < -0.3 is 10.4 Å². The van der Waals surface area contributed by atoms with Gasteiger partial charge in [0.15, 0.2) is 0 Å². The van der Waals surface area contributed by atoms with Crippen LogP contribution in [0.4, 0.5) is 23.2 Å². The first-order valence-corrected chi connectivity index (χ1v) is 7.46. The highest BCUT2D eigenvalue weighted by molar-refractivity contribution is 7.92. The van der Waals surface area contributed by atoms with Crippen LogP contribution in [0.2, 0.25) is 0 Å². The van der Waals surface area contributed by atoms with Crippen LogP contribution in [0.5, 0.6) is 0 Å². The highest BCUT2D eigenvalue weighted by atomic mass is 32.2. The Morgan fingerprint density at radius 3 is 2.33 bits per heavy atom. The smallest absolute Gasteiger partial charge is 0.388 e. The molecule has 0 fully saturated rings. The summed E-state index contributed by atoms with van der Waals surface area (Å²) in [6, 6.07) is 2.02. The van der Waals surface area contributed by atoms with Gasteiger partial charge in [-0.25, -0.2) is 12.8 Å². The first-order chi connectivity index (χ1) is 9.40. The molecule has 0 aliphatic heterocycles. The quantitative estimate of drug-likeness (QED) is 0.815. The van der Waals surface area contributed by atoms with E-state index in [0.29, 0.717) is 12.5 Å². The molecule has 4 nitrogen and oxygen atoms in total. The molecule has 1 aromatic rings. The van der Waals surface area contributed by atoms with Crippen LogP contribution in [0.15, 0.2) is 23.1 Å². The van der Waals surface area contributed by atoms with E-state index in [9.17, 15) is 31.1 Å². The van der Waals surface area contributed by atoms with Crippen LogP contribution < -0.4 is 5.32 Å². The van der Waals surface area contributed by atoms with Gasteiger partial charge in [0.25, 0.3) is 9.84 Å². The zero-order valence-electron chi connectivity index (χ0n) is 11.3. The zero-order chi connectivity index (χ0) is 16.5. The SMILES string of the molecule is CCC(C)(O)CNc1ccc(F)cc1S(=O)(=O)C(F)(F)F. The lowest BCUT2D eigenvalue weighted by Crippen LogP contribution is -2.33. The molecule has 0 heterocycles. The predicted octanol–water partition coefficient (Wildman–Crippen LogP) is 2.69. The molecule has 0 aliphatic rings. The average molecular weight is 329 g/mol. The van der Waals surface area contributed by atoms with Crippen molar-refractivity contribution in [2.75, 3.05) is 11.9 Å². The van der Waals surface area contributed by atoms with Crippen molar-refractivity contribution in [1.82, 2.24) is 0 Å². The van der Waals surface area contributed by atoms with Crippen LogP contribution in [0.25, 0.3) is 0 Å². The summed E-state index contributed by atoms with van der Waals surface area (Å²) in [4.78, 5) is -1.21. The van der Waals surface area contributed by atoms with Crippen molar-refractivity contribution in [2.45, 2.75) is 36.3 Å². The van der Waals surface area contributed by atoms with Gasteiger partial charge in [-0.2, -0.15) is 13.2 Å². The number of aliphatic hydroxyl groups is 1. The van der Waals surface area contributed by atoms with E-state index in [4.69, 9.17) is 0 Å². The fourth-order valence-electron chi connectivity index (χ4n) is 1.40. The van der Waals surface area contributed by atoms with Gasteiger partial charge >= 0.3 is 5.51 Å². The molecule has 0 amide bonds. The molecule has 21 heavy (non-hydrogen) atoms. The average Bonchev–Trinajstić information content (AvgIpc) is 2.36. The van der Waals surface area contributed by atoms with Crippen molar-refractivity contribution < 1.29 is 31.1 Å². The molecular weight excluding hydrogens is 314 g/mol. The number of hydrogen-bond donors (Lipinski definition) is 2. The normalized spacial score (nSPS) is 15.6. The lowest BCUT2D eigenvalue weighted by molar-refractivity contribution is -0.0435. The Hall–Kier alpha value is -1.35. The third-order valence-corrected chi connectivity index (χ3v) is 4.49. The summed E-state index contributed by atoms with van der Waals surface area (Å²) in [7, 11) is -5.69. The number of benzene rings is 1. The van der Waals surface area contributed by atoms with Gasteiger partial charge in [0.2, 0.25) is 0 Å². The summed E-state index contributed by atoms with van der Waals surface area (Å²) < 4.78 is 73.7. The first kappa shape index (κ1) is 17.7. The minimum absolute atomic E-state index is 0.185. The van der Waals surface area contributed by atoms with E-state index in [1.807, 2.05) is 0 Å². The summed E-state index contributed by atoms with van der Waals surface area (Å²) in [5, 5.41) is 12.2. The maximum Gasteiger partial charge on any atom is 0.501 e. The Morgan fingerprint density at radius 1 is 1.29 bits per heavy atom. The zero-order valence-corrected chi connectivity index (χ0v) is 12.1. The third-order valence-electron chi connectivity index (χ3n) is 2.96. The molecule has 1 atom stereocenters. The van der Waals surface area contributed by atoms with Gasteiger partial charge in [0.1, 0.15) is 10.7 Å². The molecule has 0 radical (unpaired) electrons. The number of alkyl halides is 3. The van der Waals surface area contributed by atoms with E-state index >= 15 is 0 Å². The Balaban J connectivity index is 3.25. The molecule has 0 saturated heterocycles. The highest BCUT2D eigenvalue weighted by Gasteiger charge is 2.48. The summed E-state index contributed by atoms with van der Waals surface area (Å²) >= 11 is 0. The summed E-state index contributed by atoms with van der Waals surface area (Å²) in [5.41, 5.74) is -7.19. The van der Waals surface area contributed by atoms with Crippen LogP contribution in [-0.2, 0) is 9.84 Å². The van der Waals surface area contributed by atoms with E-state index in [0.717, 1.165) is 12.1 Å². The fourth-order valence-corrected chi connectivity index (χ4v) is 2.35. The molecule has 9 heteroatoms. The lowest BCUT2D eigenvalue weighted by atomic mass is 10.0. The standard InChI is InChI=1S/C12H15F4NO3S/c1-3-11(2,18)7-17-9-5-4-8(13)6-10(9)21(19,20)12(14,15)16/h4-6,17-18H,3,7H2,1-2H3. The number of hydrogen-bond acceptors (Lipinski definition) is 4. The Bertz CT molecular complexity index is 611. The summed E-state index contributed by atoms with van der Waals surface area (Å²) in [6.07, 6.45) is 0.294. The molecule has 0 saturated carbocycles. The van der Waals surface area contributed by atoms with Gasteiger partial charge in [0, 0.05) is 6.54 Å². The number of halogens is 4. The molecule has 1 rings (SSSR count). The number of sulfone groups is 1. The topological polar surface area (TPSA) is 66.4 Å². The molecule has 0 aromatic heterocycles. The molecule has 2 N–H and O–H groups in total. The van der Waals surface area contributed by atoms with Crippen LogP contribution in [0.1, 0.15) is 20.3 Å². The summed E-state index contributed by atoms with van der Waals surface area (Å²) in [6.45, 7) is 2.90. The van der Waals surface area contributed by atoms with E-state index in [1.165, 1.54) is 6.92 Å². The summed E-state index contributed by atoms with van der Waals surface area (Å²) in [5.74, 6) is -1.11. The van der Waals surface area contributed by atoms with Crippen LogP contribution >= 0.6 is 0 Å². The van der Waals surface area contributed by atoms with Gasteiger partial charge in [0.05, 0.1) is 11.3 Å². The number of rotatable bonds is 5. The minimum atomic E-state index is -5.69. The van der Waals surface area contributed by atoms with Gasteiger partial charge in [-0.1, -0.05) is 6.92 Å². The minimum Gasteiger partial charge on any atom is -0.388 e. The monoisotopic (exact) mass is 329 g/mol. The van der Waals surface area contributed by atoms with Crippen LogP contribution in [0, 0.1) is 5.82 Å². The maximum atomic E-state index is 13.1. The maximum absolute atomic E-state index is 13.1. The predicted molar refractivity (Wildman–Crippen MR) is 69.0 cm³/mol. The van der Waals surface area contributed by atoms with E-state index in [2.05, 4.69) is 5.32 Å². The molecular formula is C12H15F4NO3S. The molecule has 120 valence electrons. The second-order valence-corrected chi connectivity index (χ2v) is 6.70. The largest absolute Gasteiger partial charge is 0.501 e. The number of nitrogens with one attached hydrogen (secondary N) is 1. The second-order valence-electron chi connectivity index (χ2n) is 4.79. The van der Waals surface area contributed by atoms with Gasteiger partial charge in [-0.3, -0.25) is 0 Å². The molecule has 0 aliphatic carbocycles. The molecule has 1 unspecified atom stereocenters. The highest BCUT2D eigenvalue weighted by Crippen LogP contribution is 2.35. The van der Waals surface area contributed by atoms with Crippen molar-refractivity contribution in [3.05, 3.63) is 24.0 Å². The molecule has 1 aromatic carbocycles. The Kier molecular flexibility index (Phi) is 4.89. The van der Waals surface area contributed by atoms with Crippen molar-refractivity contribution in [3.63, 3.8) is 0 Å². The van der Waals surface area contributed by atoms with E-state index in [1.54, 1.807) is 6.92 Å². The van der Waals surface area contributed by atoms with Crippen molar-refractivity contribution in [3.8, 4) is 0 Å². The van der Waals surface area contributed by atoms with E-state index in [-0.39, 0.29) is 6.54 Å². The van der Waals surface area contributed by atoms with Crippen molar-refractivity contribution >= 4 is 15.5 Å². The Morgan fingerprint density at radius 2 is 1.86 bits per heavy atom. The van der Waals surface area contributed by atoms with Gasteiger partial charge in [-0.05, 0) is 31.5 Å². The van der Waals surface area contributed by atoms with Gasteiger partial charge in [-0.15, -0.1) is 0 Å². The Labute approximate surface area is 119 Å². The van der Waals surface area contributed by atoms with Crippen molar-refractivity contribution in [1.29, 1.82) is 0 Å². The second kappa shape index (κ2) is 5.80. The lowest BCUT2D eigenvalue weighted by Gasteiger charge is -2.23. The number of anilines is 1. The molecule has 0 bridgehead atoms. The third kappa shape index (κ3) is 4.07. The molecule has 0 spiro atoms. The van der Waals surface area contributed by atoms with Crippen LogP contribution in [-0.4, -0.2) is 31.2 Å². The van der Waals surface area contributed by atoms with Crippen LogP contribution in [0.3, 0.4) is 0 Å². The van der Waals surface area contributed by atoms with E-state index < -0.39 is 37.3 Å². The first-order valence-electron chi connectivity index (χ1n) is 5.98. The fraction of sp³-hybridized carbons (Fsp3) is 0.500. The van der Waals surface area contributed by atoms with Crippen molar-refractivity contribution in [2.24, 2.45) is 0 Å².